The van der Waals surface area contributed by atoms with Gasteiger partial charge >= 0.3 is 41.8 Å². The van der Waals surface area contributed by atoms with Crippen molar-refractivity contribution in [1.29, 1.82) is 0 Å². The van der Waals surface area contributed by atoms with Gasteiger partial charge < -0.3 is 61.5 Å². The maximum atomic E-state index is 15.0. The Balaban J connectivity index is 0.000000200. The van der Waals surface area contributed by atoms with E-state index in [2.05, 4.69) is 24.8 Å². The number of halogens is 4. The molecular formula is C46H70F4N4O16. The highest BCUT2D eigenvalue weighted by Crippen LogP contribution is 2.76. The smallest absolute Gasteiger partial charge is 0.344 e. The predicted octanol–water partition coefficient (Wildman–Crippen LogP) is 2.07. The van der Waals surface area contributed by atoms with Gasteiger partial charge in [0.2, 0.25) is 17.0 Å². The number of carboxylic acids is 3. The molecule has 8 fully saturated rings. The molecule has 0 aliphatic heterocycles. The zero-order valence-electron chi connectivity index (χ0n) is 42.0. The lowest BCUT2D eigenvalue weighted by molar-refractivity contribution is -0.157. The summed E-state index contributed by atoms with van der Waals surface area (Å²) < 4.78 is 75.8. The van der Waals surface area contributed by atoms with E-state index in [1.807, 2.05) is 27.7 Å². The summed E-state index contributed by atoms with van der Waals surface area (Å²) in [6, 6.07) is 0. The number of fused-ring (bicyclic) bond motifs is 4. The molecule has 0 bridgehead atoms. The largest absolute Gasteiger partial charge is 0.483 e. The predicted molar refractivity (Wildman–Crippen MR) is 235 cm³/mol. The molecule has 8 saturated carbocycles. The molecule has 0 aromatic carbocycles. The van der Waals surface area contributed by atoms with Crippen molar-refractivity contribution in [2.75, 3.05) is 42.5 Å². The van der Waals surface area contributed by atoms with E-state index in [9.17, 15) is 56.2 Å². The van der Waals surface area contributed by atoms with Crippen molar-refractivity contribution in [3.63, 3.8) is 0 Å². The number of hydrogen-bond donors (Lipinski definition) is 8. The van der Waals surface area contributed by atoms with E-state index in [4.69, 9.17) is 36.3 Å². The van der Waals surface area contributed by atoms with Crippen LogP contribution in [-0.4, -0.2) is 157 Å². The number of nitrogens with two attached hydrogens (primary N) is 2. The number of carbonyl (C=O) groups is 8. The first-order chi connectivity index (χ1) is 31.7. The van der Waals surface area contributed by atoms with Crippen molar-refractivity contribution in [3.8, 4) is 0 Å². The molecule has 16 atom stereocenters. The molecule has 20 nitrogen and oxygen atoms in total. The lowest BCUT2D eigenvalue weighted by Crippen LogP contribution is -2.56. The average Bonchev–Trinajstić information content (AvgIpc) is 4.22. The van der Waals surface area contributed by atoms with Crippen LogP contribution in [0.5, 0.6) is 0 Å². The van der Waals surface area contributed by atoms with Crippen LogP contribution in [0.3, 0.4) is 0 Å². The first kappa shape index (κ1) is 57.9. The van der Waals surface area contributed by atoms with Crippen LogP contribution >= 0.6 is 0 Å². The molecule has 0 saturated heterocycles. The quantitative estimate of drug-likeness (QED) is 0.0709. The molecule has 0 spiro atoms. The fourth-order valence-electron chi connectivity index (χ4n) is 14.7. The topological polar surface area (TPSA) is 330 Å². The van der Waals surface area contributed by atoms with Crippen molar-refractivity contribution in [3.05, 3.63) is 0 Å². The maximum absolute atomic E-state index is 15.0. The molecule has 16 unspecified atom stereocenters. The van der Waals surface area contributed by atoms with Crippen molar-refractivity contribution in [1.82, 2.24) is 10.6 Å². The number of nitrogens with one attached hydrogen (secondary N) is 2. The summed E-state index contributed by atoms with van der Waals surface area (Å²) in [5.41, 5.74) is -2.40. The Kier molecular flexibility index (Phi) is 14.7. The molecule has 10 N–H and O–H groups in total. The molecule has 0 radical (unpaired) electrons. The van der Waals surface area contributed by atoms with Gasteiger partial charge in [0.1, 0.15) is 28.3 Å². The molecule has 398 valence electrons. The summed E-state index contributed by atoms with van der Waals surface area (Å²) in [6.07, 6.45) is 0.402. The molecule has 8 rings (SSSR count). The molecule has 8 aliphatic rings. The van der Waals surface area contributed by atoms with E-state index < -0.39 is 139 Å². The van der Waals surface area contributed by atoms with Gasteiger partial charge in [0.25, 0.3) is 6.47 Å². The van der Waals surface area contributed by atoms with Crippen LogP contribution in [0.15, 0.2) is 0 Å². The summed E-state index contributed by atoms with van der Waals surface area (Å²) in [6.45, 7) is 14.3. The number of carboxylic acid groups (broad SMARTS) is 4. The summed E-state index contributed by atoms with van der Waals surface area (Å²) >= 11 is 0. The fourth-order valence-corrected chi connectivity index (χ4v) is 14.7. The normalized spacial score (nSPS) is 43.9. The Hall–Kier alpha value is -4.68. The van der Waals surface area contributed by atoms with Crippen LogP contribution in [-0.2, 0) is 57.3 Å². The maximum Gasteiger partial charge on any atom is 0.344 e. The zero-order chi connectivity index (χ0) is 54.5. The Labute approximate surface area is 403 Å². The van der Waals surface area contributed by atoms with E-state index in [1.54, 1.807) is 41.8 Å². The molecule has 0 amide bonds. The first-order valence-corrected chi connectivity index (χ1v) is 22.5. The molecule has 0 aromatic rings. The summed E-state index contributed by atoms with van der Waals surface area (Å²) in [5, 5.41) is 39.6. The van der Waals surface area contributed by atoms with E-state index in [0.29, 0.717) is 19.3 Å². The number of ether oxygens (including phenoxy) is 4. The van der Waals surface area contributed by atoms with Gasteiger partial charge in [0.05, 0.1) is 28.4 Å². The van der Waals surface area contributed by atoms with E-state index >= 15 is 0 Å². The van der Waals surface area contributed by atoms with Crippen LogP contribution in [0.2, 0.25) is 0 Å². The van der Waals surface area contributed by atoms with Gasteiger partial charge in [0, 0.05) is 47.3 Å². The van der Waals surface area contributed by atoms with Crippen molar-refractivity contribution >= 4 is 48.3 Å². The van der Waals surface area contributed by atoms with Crippen LogP contribution in [0.1, 0.15) is 81.1 Å². The molecule has 0 aromatic heterocycles. The number of hydrogen-bond acceptors (Lipinski definition) is 16. The minimum absolute atomic E-state index is 0.0777. The Morgan fingerprint density at radius 2 is 0.843 bits per heavy atom. The van der Waals surface area contributed by atoms with Crippen LogP contribution in [0.25, 0.3) is 0 Å². The Morgan fingerprint density at radius 1 is 0.500 bits per heavy atom. The van der Waals surface area contributed by atoms with Gasteiger partial charge in [-0.2, -0.15) is 0 Å². The zero-order valence-corrected chi connectivity index (χ0v) is 42.0. The number of rotatable bonds is 9. The summed E-state index contributed by atoms with van der Waals surface area (Å²) in [7, 11) is 7.95. The Morgan fingerprint density at radius 3 is 1.16 bits per heavy atom. The van der Waals surface area contributed by atoms with Gasteiger partial charge in [-0.1, -0.05) is 55.4 Å². The van der Waals surface area contributed by atoms with Crippen molar-refractivity contribution in [2.24, 2.45) is 80.5 Å². The third-order valence-electron chi connectivity index (χ3n) is 17.0. The second-order valence-electron chi connectivity index (χ2n) is 22.8. The second-order valence-corrected chi connectivity index (χ2v) is 22.8. The van der Waals surface area contributed by atoms with Gasteiger partial charge in [-0.3, -0.25) is 24.0 Å². The standard InChI is InChI=1S/C13H20FNO4.C12H18FNO4.C10H14FNO4.C10H16FNO2.CH2O2/c1-11(2)6-12(15-3,9(16)18-4)8-7(11)13(8,14)10(17)19-5;1-10(2)5-11(14,8(15)17-3)7-6(10)12(7,13)9(16)18-4;1-8(2)3-9(12,6(13)14)5-4(8)10(5,11)7(15)16;1-9(2)4-10(12-3,8(13)14)6-5(9)7(6)11;2-1-3/h7-8,15H,6H2,1-5H3;6-7H,5,14H2,1-4H3;4-5H,3,12H2,1-2H3,(H,13,14)(H,15,16);5-7,12H,4H2,1-3H3,(H,13,14);1H,(H,2,3). The fraction of sp³-hybridized carbons (Fsp3) is 0.826. The Bertz CT molecular complexity index is 2180. The highest BCUT2D eigenvalue weighted by molar-refractivity contribution is 5.93. The molecule has 8 aliphatic carbocycles. The first-order valence-electron chi connectivity index (χ1n) is 22.5. The van der Waals surface area contributed by atoms with Crippen LogP contribution in [0.4, 0.5) is 17.6 Å². The average molecular weight is 1010 g/mol. The minimum atomic E-state index is -2.48. The van der Waals surface area contributed by atoms with Gasteiger partial charge in [-0.25, -0.2) is 31.9 Å². The number of likely N-dealkylation sites (N-methyl/N-ethyl adjacent to an activating group) is 2. The third-order valence-corrected chi connectivity index (χ3v) is 17.0. The third kappa shape index (κ3) is 8.00. The summed E-state index contributed by atoms with van der Waals surface area (Å²) in [5.74, 6) is -12.0. The number of alkyl halides is 4. The minimum Gasteiger partial charge on any atom is -0.483 e. The van der Waals surface area contributed by atoms with Gasteiger partial charge in [-0.05, 0) is 61.4 Å². The lowest BCUT2D eigenvalue weighted by atomic mass is 9.78. The SMILES string of the molecule is CC1(C)CC(N)(C(=O)O)C2C1C2(F)C(=O)O.CNC1(C(=O)O)CC(C)(C)C2C(F)C21.CNC1(C(=O)OC)CC(C)(C)C2C1C2(F)C(=O)OC.COC(=O)C1(N)CC(C)(C)C2C1C2(F)C(=O)OC.O=CO. The molecule has 0 heterocycles. The number of methoxy groups -OCH3 is 4. The molecule has 70 heavy (non-hydrogen) atoms. The monoisotopic (exact) mass is 1010 g/mol. The lowest BCUT2D eigenvalue weighted by Gasteiger charge is -2.34. The van der Waals surface area contributed by atoms with E-state index in [0.717, 1.165) is 14.2 Å². The number of esters is 4. The number of aliphatic carboxylic acids is 3. The van der Waals surface area contributed by atoms with Crippen molar-refractivity contribution < 1.29 is 95.3 Å². The highest BCUT2D eigenvalue weighted by Gasteiger charge is 2.89. The van der Waals surface area contributed by atoms with Crippen LogP contribution < -0.4 is 22.1 Å². The molecular weight excluding hydrogens is 941 g/mol. The number of carbonyl (C=O) groups excluding carboxylic acids is 4. The highest BCUT2D eigenvalue weighted by atomic mass is 19.2. The van der Waals surface area contributed by atoms with E-state index in [1.165, 1.54) is 14.2 Å². The summed E-state index contributed by atoms with van der Waals surface area (Å²) in [4.78, 5) is 88.7. The van der Waals surface area contributed by atoms with Gasteiger partial charge in [-0.15, -0.1) is 0 Å². The molecule has 24 heteroatoms. The van der Waals surface area contributed by atoms with Gasteiger partial charge in [0.15, 0.2) is 0 Å². The van der Waals surface area contributed by atoms with Crippen LogP contribution in [0, 0.1) is 69.0 Å². The van der Waals surface area contributed by atoms with Crippen molar-refractivity contribution in [2.45, 2.75) is 126 Å². The van der Waals surface area contributed by atoms with E-state index in [-0.39, 0.29) is 30.1 Å². The second kappa shape index (κ2) is 17.8.